The molecule has 3 rings (SSSR count). The first-order chi connectivity index (χ1) is 11.5. The molecule has 5 heteroatoms. The van der Waals surface area contributed by atoms with Crippen molar-refractivity contribution in [2.24, 2.45) is 5.41 Å². The number of piperidine rings is 2. The minimum absolute atomic E-state index is 0.170. The number of nitrogens with zero attached hydrogens (tertiary/aromatic N) is 2. The van der Waals surface area contributed by atoms with Crippen molar-refractivity contribution in [2.45, 2.75) is 39.2 Å². The van der Waals surface area contributed by atoms with Gasteiger partial charge in [0, 0.05) is 31.6 Å². The summed E-state index contributed by atoms with van der Waals surface area (Å²) in [5, 5.41) is 0. The zero-order valence-electron chi connectivity index (χ0n) is 14.7. The van der Waals surface area contributed by atoms with Crippen LogP contribution in [-0.4, -0.2) is 49.0 Å². The molecule has 0 N–H and O–H groups in total. The molecule has 0 unspecified atom stereocenters. The van der Waals surface area contributed by atoms with Gasteiger partial charge in [0.15, 0.2) is 0 Å². The largest absolute Gasteiger partial charge is 0.497 e. The fraction of sp³-hybridized carbons (Fsp3) is 0.632. The monoisotopic (exact) mass is 334 g/mol. The van der Waals surface area contributed by atoms with Gasteiger partial charge < -0.3 is 9.64 Å². The maximum atomic E-state index is 14.0. The van der Waals surface area contributed by atoms with Crippen molar-refractivity contribution < 1.29 is 13.9 Å². The van der Waals surface area contributed by atoms with Crippen molar-refractivity contribution in [3.63, 3.8) is 0 Å². The van der Waals surface area contributed by atoms with E-state index in [2.05, 4.69) is 11.8 Å². The highest BCUT2D eigenvalue weighted by atomic mass is 19.1. The van der Waals surface area contributed by atoms with E-state index >= 15 is 0 Å². The van der Waals surface area contributed by atoms with Gasteiger partial charge in [-0.15, -0.1) is 0 Å². The first-order valence-electron chi connectivity index (χ1n) is 8.88. The summed E-state index contributed by atoms with van der Waals surface area (Å²) in [6.07, 6.45) is 3.85. The number of methoxy groups -OCH3 is 1. The molecular weight excluding hydrogens is 307 g/mol. The normalized spacial score (nSPS) is 21.3. The Bertz CT molecular complexity index is 597. The second-order valence-corrected chi connectivity index (χ2v) is 7.14. The summed E-state index contributed by atoms with van der Waals surface area (Å²) in [5.74, 6) is 0.824. The molecule has 0 saturated carbocycles. The van der Waals surface area contributed by atoms with Gasteiger partial charge in [-0.2, -0.15) is 0 Å². The number of hydrogen-bond acceptors (Lipinski definition) is 3. The molecular formula is C19H27FN2O2. The lowest BCUT2D eigenvalue weighted by Crippen LogP contribution is -2.51. The minimum Gasteiger partial charge on any atom is -0.497 e. The van der Waals surface area contributed by atoms with Crippen LogP contribution in [0.4, 0.5) is 4.39 Å². The van der Waals surface area contributed by atoms with Gasteiger partial charge in [0.1, 0.15) is 11.6 Å². The van der Waals surface area contributed by atoms with E-state index in [0.717, 1.165) is 45.4 Å². The molecule has 2 aliphatic heterocycles. The molecule has 1 spiro atoms. The van der Waals surface area contributed by atoms with Gasteiger partial charge in [0.05, 0.1) is 7.11 Å². The lowest BCUT2D eigenvalue weighted by Gasteiger charge is -2.47. The summed E-state index contributed by atoms with van der Waals surface area (Å²) in [6, 6.07) is 4.92. The summed E-state index contributed by atoms with van der Waals surface area (Å²) in [4.78, 5) is 16.2. The number of likely N-dealkylation sites (tertiary alicyclic amines) is 2. The fourth-order valence-electron chi connectivity index (χ4n) is 4.02. The van der Waals surface area contributed by atoms with E-state index in [4.69, 9.17) is 4.74 Å². The van der Waals surface area contributed by atoms with Crippen LogP contribution >= 0.6 is 0 Å². The van der Waals surface area contributed by atoms with E-state index in [1.807, 2.05) is 4.90 Å². The average molecular weight is 334 g/mol. The summed E-state index contributed by atoms with van der Waals surface area (Å²) in [7, 11) is 1.60. The third-order valence-electron chi connectivity index (χ3n) is 5.69. The first-order valence-corrected chi connectivity index (χ1v) is 8.88. The lowest BCUT2D eigenvalue weighted by atomic mass is 9.72. The van der Waals surface area contributed by atoms with Gasteiger partial charge in [-0.05, 0) is 62.9 Å². The molecule has 132 valence electrons. The van der Waals surface area contributed by atoms with Crippen molar-refractivity contribution in [2.75, 3.05) is 33.3 Å². The van der Waals surface area contributed by atoms with Crippen molar-refractivity contribution in [1.82, 2.24) is 9.80 Å². The average Bonchev–Trinajstić information content (AvgIpc) is 2.61. The maximum absolute atomic E-state index is 14.0. The van der Waals surface area contributed by atoms with E-state index < -0.39 is 0 Å². The van der Waals surface area contributed by atoms with Crippen LogP contribution in [0.3, 0.4) is 0 Å². The first kappa shape index (κ1) is 17.2. The third-order valence-corrected chi connectivity index (χ3v) is 5.69. The van der Waals surface area contributed by atoms with E-state index in [1.165, 1.54) is 6.07 Å². The molecule has 1 amide bonds. The second kappa shape index (κ2) is 7.09. The number of ether oxygens (including phenoxy) is 1. The second-order valence-electron chi connectivity index (χ2n) is 7.14. The van der Waals surface area contributed by atoms with Crippen LogP contribution < -0.4 is 4.74 Å². The number of hydrogen-bond donors (Lipinski definition) is 0. The SMILES string of the molecule is CCN1CC2(CCC1=O)CCN(Cc1cc(OC)ccc1F)CC2. The Morgan fingerprint density at radius 1 is 1.25 bits per heavy atom. The van der Waals surface area contributed by atoms with Crippen LogP contribution in [0.15, 0.2) is 18.2 Å². The molecule has 2 fully saturated rings. The summed E-state index contributed by atoms with van der Waals surface area (Å²) >= 11 is 0. The van der Waals surface area contributed by atoms with Gasteiger partial charge in [0.25, 0.3) is 0 Å². The highest BCUT2D eigenvalue weighted by Crippen LogP contribution is 2.40. The van der Waals surface area contributed by atoms with E-state index in [-0.39, 0.29) is 11.2 Å². The fourth-order valence-corrected chi connectivity index (χ4v) is 4.02. The van der Waals surface area contributed by atoms with Crippen LogP contribution in [-0.2, 0) is 11.3 Å². The summed E-state index contributed by atoms with van der Waals surface area (Å²) in [5.41, 5.74) is 0.965. The Balaban J connectivity index is 1.60. The quantitative estimate of drug-likeness (QED) is 0.848. The van der Waals surface area contributed by atoms with Gasteiger partial charge in [-0.25, -0.2) is 4.39 Å². The Labute approximate surface area is 143 Å². The number of carbonyl (C=O) groups excluding carboxylic acids is 1. The Morgan fingerprint density at radius 3 is 2.67 bits per heavy atom. The molecule has 0 aliphatic carbocycles. The molecule has 2 aliphatic rings. The number of rotatable bonds is 4. The van der Waals surface area contributed by atoms with Crippen LogP contribution in [0.25, 0.3) is 0 Å². The Kier molecular flexibility index (Phi) is 5.09. The zero-order chi connectivity index (χ0) is 17.2. The predicted molar refractivity (Wildman–Crippen MR) is 91.4 cm³/mol. The highest BCUT2D eigenvalue weighted by Gasteiger charge is 2.40. The molecule has 2 heterocycles. The third kappa shape index (κ3) is 3.56. The molecule has 2 saturated heterocycles. The zero-order valence-corrected chi connectivity index (χ0v) is 14.7. The van der Waals surface area contributed by atoms with E-state index in [1.54, 1.807) is 19.2 Å². The lowest BCUT2D eigenvalue weighted by molar-refractivity contribution is -0.138. The van der Waals surface area contributed by atoms with E-state index in [0.29, 0.717) is 30.2 Å². The summed E-state index contributed by atoms with van der Waals surface area (Å²) < 4.78 is 19.2. The topological polar surface area (TPSA) is 32.8 Å². The molecule has 1 aromatic carbocycles. The van der Waals surface area contributed by atoms with Crippen LogP contribution in [0.2, 0.25) is 0 Å². The molecule has 1 aromatic rings. The van der Waals surface area contributed by atoms with E-state index in [9.17, 15) is 9.18 Å². The molecule has 0 bridgehead atoms. The summed E-state index contributed by atoms with van der Waals surface area (Å²) in [6.45, 7) is 6.29. The Morgan fingerprint density at radius 2 is 2.00 bits per heavy atom. The predicted octanol–water partition coefficient (Wildman–Crippen LogP) is 3.06. The number of benzene rings is 1. The number of amides is 1. The molecule has 0 atom stereocenters. The van der Waals surface area contributed by atoms with Crippen molar-refractivity contribution in [3.05, 3.63) is 29.6 Å². The number of carbonyl (C=O) groups is 1. The van der Waals surface area contributed by atoms with Gasteiger partial charge in [0.2, 0.25) is 5.91 Å². The molecule has 24 heavy (non-hydrogen) atoms. The smallest absolute Gasteiger partial charge is 0.222 e. The Hall–Kier alpha value is -1.62. The molecule has 4 nitrogen and oxygen atoms in total. The maximum Gasteiger partial charge on any atom is 0.222 e. The number of halogens is 1. The van der Waals surface area contributed by atoms with Crippen LogP contribution in [0.5, 0.6) is 5.75 Å². The van der Waals surface area contributed by atoms with Crippen molar-refractivity contribution in [3.8, 4) is 5.75 Å². The van der Waals surface area contributed by atoms with Gasteiger partial charge >= 0.3 is 0 Å². The van der Waals surface area contributed by atoms with Gasteiger partial charge in [-0.1, -0.05) is 0 Å². The standard InChI is InChI=1S/C19H27FN2O2/c1-3-22-14-19(7-6-18(22)23)8-10-21(11-9-19)13-15-12-16(24-2)4-5-17(15)20/h4-5,12H,3,6-11,13-14H2,1-2H3. The minimum atomic E-state index is -0.170. The van der Waals surface area contributed by atoms with Crippen LogP contribution in [0, 0.1) is 11.2 Å². The highest BCUT2D eigenvalue weighted by molar-refractivity contribution is 5.77. The van der Waals surface area contributed by atoms with Gasteiger partial charge in [-0.3, -0.25) is 9.69 Å². The van der Waals surface area contributed by atoms with Crippen molar-refractivity contribution >= 4 is 5.91 Å². The van der Waals surface area contributed by atoms with Crippen molar-refractivity contribution in [1.29, 1.82) is 0 Å². The van der Waals surface area contributed by atoms with Crippen LogP contribution in [0.1, 0.15) is 38.2 Å². The molecule has 0 radical (unpaired) electrons. The molecule has 0 aromatic heterocycles.